The number of nitrogen functional groups attached to an aromatic ring is 1. The Labute approximate surface area is 269 Å². The maximum absolute atomic E-state index is 13.2. The molecular weight excluding hydrogens is 550 g/mol. The van der Waals surface area contributed by atoms with E-state index in [4.69, 9.17) is 15.2 Å². The van der Waals surface area contributed by atoms with Crippen molar-refractivity contribution in [2.24, 2.45) is 5.92 Å². The van der Waals surface area contributed by atoms with Crippen molar-refractivity contribution in [3.05, 3.63) is 16.8 Å². The topological polar surface area (TPSA) is 94.5 Å². The van der Waals surface area contributed by atoms with E-state index < -0.39 is 12.1 Å². The fraction of sp³-hybridized carbons (Fsp3) is 0.811. The normalized spacial score (nSPS) is 13.9. The number of carbonyl (C=O) groups excluding carboxylic acids is 2. The van der Waals surface area contributed by atoms with E-state index in [2.05, 4.69) is 12.2 Å². The number of hydrogen-bond acceptors (Lipinski definition) is 5. The number of nitrogens with one attached hydrogen (secondary N) is 1. The quantitative estimate of drug-likeness (QED) is 0.0585. The van der Waals surface area contributed by atoms with E-state index in [0.717, 1.165) is 25.7 Å². The van der Waals surface area contributed by atoms with Crippen molar-refractivity contribution in [2.45, 2.75) is 175 Å². The van der Waals surface area contributed by atoms with E-state index in [0.29, 0.717) is 54.0 Å². The average molecular weight is 617 g/mol. The second kappa shape index (κ2) is 23.1. The summed E-state index contributed by atoms with van der Waals surface area (Å²) in [6, 6.07) is 0. The molecule has 1 heterocycles. The zero-order valence-corrected chi connectivity index (χ0v) is 28.9. The molecule has 1 aromatic rings. The van der Waals surface area contributed by atoms with Crippen molar-refractivity contribution in [2.75, 3.05) is 18.9 Å². The summed E-state index contributed by atoms with van der Waals surface area (Å²) in [6.45, 7) is 9.43. The highest BCUT2D eigenvalue weighted by Crippen LogP contribution is 2.28. The number of nitrogens with two attached hydrogens (primary N) is 1. The van der Waals surface area contributed by atoms with Crippen molar-refractivity contribution in [3.63, 3.8) is 0 Å². The lowest BCUT2D eigenvalue weighted by atomic mass is 10.0. The maximum Gasteiger partial charge on any atom is 0.416 e. The van der Waals surface area contributed by atoms with Gasteiger partial charge in [0.1, 0.15) is 17.8 Å². The second-order valence-electron chi connectivity index (χ2n) is 13.1. The van der Waals surface area contributed by atoms with Crippen LogP contribution in [0.3, 0.4) is 0 Å². The molecule has 0 bridgehead atoms. The minimum absolute atomic E-state index is 0.307. The molecule has 1 aromatic heterocycles. The van der Waals surface area contributed by atoms with Crippen LogP contribution < -0.4 is 20.4 Å². The summed E-state index contributed by atoms with van der Waals surface area (Å²) < 4.78 is 13.4. The smallest absolute Gasteiger partial charge is 0.416 e. The largest absolute Gasteiger partial charge is 0.462 e. The van der Waals surface area contributed by atoms with Gasteiger partial charge in [-0.1, -0.05) is 129 Å². The van der Waals surface area contributed by atoms with Crippen LogP contribution in [0.2, 0.25) is 0 Å². The van der Waals surface area contributed by atoms with E-state index in [1.165, 1.54) is 116 Å². The van der Waals surface area contributed by atoms with Gasteiger partial charge in [-0.25, -0.2) is 9.59 Å². The minimum atomic E-state index is -0.502. The molecule has 7 nitrogen and oxygen atoms in total. The van der Waals surface area contributed by atoms with Crippen LogP contribution in [0.15, 0.2) is 0 Å². The second-order valence-corrected chi connectivity index (χ2v) is 13.1. The molecule has 3 N–H and O–H groups in total. The summed E-state index contributed by atoms with van der Waals surface area (Å²) in [5, 5.41) is 2.89. The summed E-state index contributed by atoms with van der Waals surface area (Å²) >= 11 is 0. The van der Waals surface area contributed by atoms with Gasteiger partial charge in [0.15, 0.2) is 0 Å². The molecule has 0 aliphatic heterocycles. The van der Waals surface area contributed by atoms with Crippen LogP contribution >= 0.6 is 0 Å². The molecule has 1 fully saturated rings. The summed E-state index contributed by atoms with van der Waals surface area (Å²) in [4.78, 5) is 25.9. The van der Waals surface area contributed by atoms with E-state index in [9.17, 15) is 9.59 Å². The molecule has 0 aromatic carbocycles. The highest BCUT2D eigenvalue weighted by Gasteiger charge is 2.31. The third kappa shape index (κ3) is 14.2. The lowest BCUT2D eigenvalue weighted by Crippen LogP contribution is -2.43. The van der Waals surface area contributed by atoms with E-state index in [-0.39, 0.29) is 0 Å². The first kappa shape index (κ1) is 37.9. The Balaban J connectivity index is 1.67. The molecule has 0 radical (unpaired) electrons. The first-order chi connectivity index (χ1) is 21.4. The Morgan fingerprint density at radius 2 is 1.27 bits per heavy atom. The van der Waals surface area contributed by atoms with Crippen molar-refractivity contribution in [3.8, 4) is 5.88 Å². The lowest BCUT2D eigenvalue weighted by Gasteiger charge is -2.17. The van der Waals surface area contributed by atoms with E-state index >= 15 is 0 Å². The van der Waals surface area contributed by atoms with Crippen LogP contribution in [-0.4, -0.2) is 25.2 Å². The van der Waals surface area contributed by atoms with Crippen molar-refractivity contribution < 1.29 is 23.6 Å². The Morgan fingerprint density at radius 3 is 1.77 bits per heavy atom. The van der Waals surface area contributed by atoms with Crippen molar-refractivity contribution in [1.82, 2.24) is 5.32 Å². The number of ether oxygens (including phenoxy) is 2. The number of unbranched alkanes of at least 4 members (excludes halogenated alkanes) is 15. The minimum Gasteiger partial charge on any atom is -0.462 e. The number of pyridine rings is 1. The molecule has 252 valence electrons. The van der Waals surface area contributed by atoms with Gasteiger partial charge in [-0.2, -0.15) is 4.57 Å². The molecule has 44 heavy (non-hydrogen) atoms. The Kier molecular flexibility index (Phi) is 19.9. The van der Waals surface area contributed by atoms with Gasteiger partial charge in [-0.05, 0) is 39.0 Å². The Bertz CT molecular complexity index is 957. The van der Waals surface area contributed by atoms with Crippen molar-refractivity contribution >= 4 is 17.7 Å². The number of carbonyl (C=O) groups is 2. The zero-order chi connectivity index (χ0) is 32.0. The summed E-state index contributed by atoms with van der Waals surface area (Å²) in [5.74, 6) is 0.318. The molecule has 1 saturated carbocycles. The van der Waals surface area contributed by atoms with Gasteiger partial charge < -0.3 is 20.5 Å². The SMILES string of the molecule is CCCCCCCCCCCCCCCCCCNC(=O)Oc1c(C)c(C(=O)OCC2CCCCCC2)c(N)c(C)[n+]1CC. The number of amides is 1. The van der Waals surface area contributed by atoms with Gasteiger partial charge in [0.25, 0.3) is 0 Å². The molecule has 0 spiro atoms. The number of esters is 1. The lowest BCUT2D eigenvalue weighted by molar-refractivity contribution is -0.702. The first-order valence-electron chi connectivity index (χ1n) is 18.4. The number of aromatic nitrogens is 1. The molecule has 0 unspecified atom stereocenters. The Morgan fingerprint density at radius 1 is 0.773 bits per heavy atom. The van der Waals surface area contributed by atoms with Crippen LogP contribution in [0.1, 0.15) is 177 Å². The number of hydrogen-bond donors (Lipinski definition) is 2. The van der Waals surface area contributed by atoms with Gasteiger partial charge >= 0.3 is 17.9 Å². The predicted octanol–water partition coefficient (Wildman–Crippen LogP) is 9.67. The molecule has 0 atom stereocenters. The monoisotopic (exact) mass is 617 g/mol. The summed E-state index contributed by atoms with van der Waals surface area (Å²) in [7, 11) is 0. The van der Waals surface area contributed by atoms with Gasteiger partial charge in [0.2, 0.25) is 5.69 Å². The number of rotatable bonds is 22. The van der Waals surface area contributed by atoms with Crippen molar-refractivity contribution in [1.29, 1.82) is 0 Å². The molecule has 7 heteroatoms. The first-order valence-corrected chi connectivity index (χ1v) is 18.4. The van der Waals surface area contributed by atoms with Crippen LogP contribution in [0.5, 0.6) is 5.88 Å². The van der Waals surface area contributed by atoms with Gasteiger partial charge in [0, 0.05) is 13.5 Å². The molecule has 2 rings (SSSR count). The predicted molar refractivity (Wildman–Crippen MR) is 181 cm³/mol. The van der Waals surface area contributed by atoms with Crippen LogP contribution in [0, 0.1) is 19.8 Å². The maximum atomic E-state index is 13.2. The number of anilines is 1. The summed E-state index contributed by atoms with van der Waals surface area (Å²) in [5.41, 5.74) is 8.35. The van der Waals surface area contributed by atoms with Crippen LogP contribution in [-0.2, 0) is 11.3 Å². The highest BCUT2D eigenvalue weighted by molar-refractivity contribution is 5.97. The van der Waals surface area contributed by atoms with Crippen LogP contribution in [0.4, 0.5) is 10.5 Å². The van der Waals surface area contributed by atoms with Gasteiger partial charge in [0.05, 0.1) is 12.2 Å². The third-order valence-electron chi connectivity index (χ3n) is 9.44. The molecule has 1 aliphatic carbocycles. The third-order valence-corrected chi connectivity index (χ3v) is 9.44. The summed E-state index contributed by atoms with van der Waals surface area (Å²) in [6.07, 6.45) is 27.7. The molecule has 1 aliphatic rings. The molecular formula is C37H66N3O4+. The van der Waals surface area contributed by atoms with E-state index in [1.54, 1.807) is 6.92 Å². The zero-order valence-electron chi connectivity index (χ0n) is 28.9. The van der Waals surface area contributed by atoms with Crippen LogP contribution in [0.25, 0.3) is 0 Å². The number of nitrogens with zero attached hydrogens (tertiary/aromatic N) is 1. The molecule has 0 saturated heterocycles. The van der Waals surface area contributed by atoms with Gasteiger partial charge in [-0.15, -0.1) is 0 Å². The fourth-order valence-corrected chi connectivity index (χ4v) is 6.55. The molecule has 1 amide bonds. The fourth-order valence-electron chi connectivity index (χ4n) is 6.55. The highest BCUT2D eigenvalue weighted by atomic mass is 16.6. The van der Waals surface area contributed by atoms with E-state index in [1.807, 2.05) is 18.4 Å². The van der Waals surface area contributed by atoms with Gasteiger partial charge in [-0.3, -0.25) is 0 Å². The Hall–Kier alpha value is -2.31. The average Bonchev–Trinajstić information content (AvgIpc) is 3.29. The standard InChI is InChI=1S/C37H65N3O4/c1-5-7-8-9-10-11-12-13-14-15-16-17-18-19-22-25-28-39-37(42)44-35-30(3)33(34(38)31(4)40(35)6-2)36(41)43-29-32-26-23-20-21-24-27-32/h32H,5-29H2,1-4H3,(H2-,38,39,41,42)/p+1.